The number of nitrogens with zero attached hydrogens (tertiary/aromatic N) is 2. The van der Waals surface area contributed by atoms with Gasteiger partial charge < -0.3 is 16.4 Å². The smallest absolute Gasteiger partial charge is 0.271 e. The first-order valence-corrected chi connectivity index (χ1v) is 7.24. The largest absolute Gasteiger partial charge is 0.354 e. The van der Waals surface area contributed by atoms with Gasteiger partial charge in [0.05, 0.1) is 6.20 Å². The summed E-state index contributed by atoms with van der Waals surface area (Å²) in [5.74, 6) is 0.0552. The van der Waals surface area contributed by atoms with Crippen LogP contribution in [-0.4, -0.2) is 41.4 Å². The average molecular weight is 291 g/mol. The highest BCUT2D eigenvalue weighted by molar-refractivity contribution is 5.91. The number of amides is 2. The molecule has 1 aromatic heterocycles. The molecule has 1 saturated carbocycles. The Labute approximate surface area is 123 Å². The van der Waals surface area contributed by atoms with E-state index in [1.165, 1.54) is 18.6 Å². The standard InChI is InChI=1S/C14H21N5O2/c15-8-10-2-1-3-11(10)13(20)18-6-7-19-14(21)12-9-16-4-5-17-12/h4-5,9-11H,1-3,6-8,15H2,(H,18,20)(H,19,21)/t10-,11-/m1/s1. The highest BCUT2D eigenvalue weighted by Gasteiger charge is 2.31. The van der Waals surface area contributed by atoms with Gasteiger partial charge in [0, 0.05) is 31.4 Å². The Kier molecular flexibility index (Phi) is 5.62. The van der Waals surface area contributed by atoms with Crippen molar-refractivity contribution in [2.24, 2.45) is 17.6 Å². The molecular weight excluding hydrogens is 270 g/mol. The van der Waals surface area contributed by atoms with E-state index in [0.29, 0.717) is 25.6 Å². The molecule has 1 aliphatic carbocycles. The molecule has 0 saturated heterocycles. The van der Waals surface area contributed by atoms with Crippen LogP contribution in [0.15, 0.2) is 18.6 Å². The van der Waals surface area contributed by atoms with Crippen LogP contribution in [0.5, 0.6) is 0 Å². The minimum absolute atomic E-state index is 0.0192. The average Bonchev–Trinajstić information content (AvgIpc) is 3.00. The van der Waals surface area contributed by atoms with Gasteiger partial charge in [-0.3, -0.25) is 14.6 Å². The third kappa shape index (κ3) is 4.22. The lowest BCUT2D eigenvalue weighted by atomic mass is 9.95. The molecule has 7 heteroatoms. The molecule has 0 aliphatic heterocycles. The molecule has 4 N–H and O–H groups in total. The molecule has 114 valence electrons. The second kappa shape index (κ2) is 7.68. The molecule has 2 amide bonds. The maximum atomic E-state index is 12.0. The number of nitrogens with two attached hydrogens (primary N) is 1. The van der Waals surface area contributed by atoms with Gasteiger partial charge >= 0.3 is 0 Å². The molecule has 0 unspecified atom stereocenters. The lowest BCUT2D eigenvalue weighted by molar-refractivity contribution is -0.125. The number of rotatable bonds is 6. The molecule has 2 atom stereocenters. The van der Waals surface area contributed by atoms with E-state index in [0.717, 1.165) is 19.3 Å². The van der Waals surface area contributed by atoms with Crippen molar-refractivity contribution in [2.45, 2.75) is 19.3 Å². The first kappa shape index (κ1) is 15.4. The highest BCUT2D eigenvalue weighted by atomic mass is 16.2. The van der Waals surface area contributed by atoms with Crippen molar-refractivity contribution < 1.29 is 9.59 Å². The van der Waals surface area contributed by atoms with Crippen molar-refractivity contribution in [1.82, 2.24) is 20.6 Å². The first-order chi connectivity index (χ1) is 10.2. The van der Waals surface area contributed by atoms with Crippen molar-refractivity contribution in [3.8, 4) is 0 Å². The highest BCUT2D eigenvalue weighted by Crippen LogP contribution is 2.30. The summed E-state index contributed by atoms with van der Waals surface area (Å²) in [5.41, 5.74) is 5.94. The minimum Gasteiger partial charge on any atom is -0.354 e. The topological polar surface area (TPSA) is 110 Å². The van der Waals surface area contributed by atoms with Crippen LogP contribution in [0.4, 0.5) is 0 Å². The molecule has 0 aromatic carbocycles. The molecule has 0 spiro atoms. The van der Waals surface area contributed by atoms with Crippen LogP contribution in [-0.2, 0) is 4.79 Å². The van der Waals surface area contributed by atoms with Gasteiger partial charge in [-0.05, 0) is 25.3 Å². The zero-order valence-electron chi connectivity index (χ0n) is 11.9. The number of aromatic nitrogens is 2. The Morgan fingerprint density at radius 2 is 2.05 bits per heavy atom. The fourth-order valence-electron chi connectivity index (χ4n) is 2.66. The second-order valence-corrected chi connectivity index (χ2v) is 5.17. The van der Waals surface area contributed by atoms with E-state index in [1.54, 1.807) is 0 Å². The summed E-state index contributed by atoms with van der Waals surface area (Å²) >= 11 is 0. The molecule has 1 aliphatic rings. The van der Waals surface area contributed by atoms with E-state index in [9.17, 15) is 9.59 Å². The van der Waals surface area contributed by atoms with Crippen LogP contribution in [0.2, 0.25) is 0 Å². The van der Waals surface area contributed by atoms with Gasteiger partial charge in [-0.25, -0.2) is 4.98 Å². The van der Waals surface area contributed by atoms with Gasteiger partial charge in [-0.1, -0.05) is 6.42 Å². The molecule has 21 heavy (non-hydrogen) atoms. The van der Waals surface area contributed by atoms with E-state index in [1.807, 2.05) is 0 Å². The van der Waals surface area contributed by atoms with E-state index in [4.69, 9.17) is 5.73 Å². The van der Waals surface area contributed by atoms with Crippen molar-refractivity contribution >= 4 is 11.8 Å². The van der Waals surface area contributed by atoms with Gasteiger partial charge in [-0.2, -0.15) is 0 Å². The summed E-state index contributed by atoms with van der Waals surface area (Å²) in [6.07, 6.45) is 7.36. The zero-order valence-corrected chi connectivity index (χ0v) is 11.9. The summed E-state index contributed by atoms with van der Waals surface area (Å²) < 4.78 is 0. The van der Waals surface area contributed by atoms with Gasteiger partial charge in [0.1, 0.15) is 5.69 Å². The molecule has 1 aromatic rings. The molecular formula is C14H21N5O2. The number of nitrogens with one attached hydrogen (secondary N) is 2. The Balaban J connectivity index is 1.68. The predicted molar refractivity (Wildman–Crippen MR) is 77.3 cm³/mol. The summed E-state index contributed by atoms with van der Waals surface area (Å²) in [7, 11) is 0. The first-order valence-electron chi connectivity index (χ1n) is 7.24. The van der Waals surface area contributed by atoms with E-state index in [2.05, 4.69) is 20.6 Å². The van der Waals surface area contributed by atoms with Crippen LogP contribution in [0, 0.1) is 11.8 Å². The van der Waals surface area contributed by atoms with Gasteiger partial charge in [0.2, 0.25) is 5.91 Å². The lowest BCUT2D eigenvalue weighted by Gasteiger charge is -2.17. The summed E-state index contributed by atoms with van der Waals surface area (Å²) in [4.78, 5) is 31.5. The maximum absolute atomic E-state index is 12.0. The van der Waals surface area contributed by atoms with Crippen LogP contribution in [0.1, 0.15) is 29.8 Å². The third-order valence-corrected chi connectivity index (χ3v) is 3.80. The van der Waals surface area contributed by atoms with Crippen LogP contribution in [0.25, 0.3) is 0 Å². The monoisotopic (exact) mass is 291 g/mol. The fourth-order valence-corrected chi connectivity index (χ4v) is 2.66. The maximum Gasteiger partial charge on any atom is 0.271 e. The SMILES string of the molecule is NC[C@H]1CCC[C@H]1C(=O)NCCNC(=O)c1cnccn1. The van der Waals surface area contributed by atoms with Crippen LogP contribution in [0.3, 0.4) is 0 Å². The molecule has 1 fully saturated rings. The lowest BCUT2D eigenvalue weighted by Crippen LogP contribution is -2.39. The number of hydrogen-bond acceptors (Lipinski definition) is 5. The molecule has 7 nitrogen and oxygen atoms in total. The molecule has 1 heterocycles. The quantitative estimate of drug-likeness (QED) is 0.623. The van der Waals surface area contributed by atoms with Gasteiger partial charge in [-0.15, -0.1) is 0 Å². The summed E-state index contributed by atoms with van der Waals surface area (Å²) in [6.45, 7) is 1.32. The fraction of sp³-hybridized carbons (Fsp3) is 0.571. The van der Waals surface area contributed by atoms with Crippen LogP contribution >= 0.6 is 0 Å². The van der Waals surface area contributed by atoms with Gasteiger partial charge in [0.15, 0.2) is 0 Å². The Morgan fingerprint density at radius 1 is 1.24 bits per heavy atom. The van der Waals surface area contributed by atoms with Crippen molar-refractivity contribution in [3.05, 3.63) is 24.3 Å². The second-order valence-electron chi connectivity index (χ2n) is 5.17. The number of carbonyl (C=O) groups excluding carboxylic acids is 2. The van der Waals surface area contributed by atoms with E-state index >= 15 is 0 Å². The Bertz CT molecular complexity index is 480. The van der Waals surface area contributed by atoms with Crippen molar-refractivity contribution in [1.29, 1.82) is 0 Å². The van der Waals surface area contributed by atoms with E-state index < -0.39 is 0 Å². The van der Waals surface area contributed by atoms with Crippen LogP contribution < -0.4 is 16.4 Å². The molecule has 0 bridgehead atoms. The van der Waals surface area contributed by atoms with Gasteiger partial charge in [0.25, 0.3) is 5.91 Å². The molecule has 2 rings (SSSR count). The van der Waals surface area contributed by atoms with Crippen molar-refractivity contribution in [3.63, 3.8) is 0 Å². The Hall–Kier alpha value is -2.02. The summed E-state index contributed by atoms with van der Waals surface area (Å²) in [5, 5.41) is 5.54. The van der Waals surface area contributed by atoms with E-state index in [-0.39, 0.29) is 23.4 Å². The predicted octanol–water partition coefficient (Wildman–Crippen LogP) is -0.302. The third-order valence-electron chi connectivity index (χ3n) is 3.80. The number of hydrogen-bond donors (Lipinski definition) is 3. The number of carbonyl (C=O) groups is 2. The van der Waals surface area contributed by atoms with Crippen molar-refractivity contribution in [2.75, 3.05) is 19.6 Å². The zero-order chi connectivity index (χ0) is 15.1. The minimum atomic E-state index is -0.293. The molecule has 0 radical (unpaired) electrons. The normalized spacial score (nSPS) is 21.0. The summed E-state index contributed by atoms with van der Waals surface area (Å²) in [6, 6.07) is 0. The Morgan fingerprint density at radius 3 is 2.76 bits per heavy atom.